The summed E-state index contributed by atoms with van der Waals surface area (Å²) in [6.07, 6.45) is 12.2. The van der Waals surface area contributed by atoms with Gasteiger partial charge >= 0.3 is 7.12 Å². The second kappa shape index (κ2) is 9.23. The monoisotopic (exact) mass is 344 g/mol. The van der Waals surface area contributed by atoms with Crippen molar-refractivity contribution in [2.75, 3.05) is 0 Å². The van der Waals surface area contributed by atoms with Crippen LogP contribution in [0.1, 0.15) is 91.5 Å². The largest absolute Gasteiger partial charge is 0.494 e. The minimum absolute atomic E-state index is 0.248. The molecule has 0 atom stereocenters. The Kier molecular flexibility index (Phi) is 7.58. The van der Waals surface area contributed by atoms with Gasteiger partial charge in [0.05, 0.1) is 11.2 Å². The van der Waals surface area contributed by atoms with Gasteiger partial charge in [-0.3, -0.25) is 0 Å². The van der Waals surface area contributed by atoms with E-state index in [1.807, 2.05) is 0 Å². The first-order chi connectivity index (χ1) is 11.9. The Bertz CT molecular complexity index is 491. The van der Waals surface area contributed by atoms with E-state index in [1.165, 1.54) is 63.4 Å². The lowest BCUT2D eigenvalue weighted by molar-refractivity contribution is 0.00578. The fourth-order valence-corrected chi connectivity index (χ4v) is 3.28. The third-order valence-corrected chi connectivity index (χ3v) is 5.82. The molecule has 1 heterocycles. The van der Waals surface area contributed by atoms with Crippen molar-refractivity contribution in [3.8, 4) is 0 Å². The predicted molar refractivity (Wildman–Crippen MR) is 108 cm³/mol. The van der Waals surface area contributed by atoms with Crippen molar-refractivity contribution in [2.24, 2.45) is 0 Å². The maximum atomic E-state index is 6.12. The molecule has 0 amide bonds. The van der Waals surface area contributed by atoms with Gasteiger partial charge < -0.3 is 9.31 Å². The molecule has 2 rings (SSSR count). The average Bonchev–Trinajstić information content (AvgIpc) is 2.78. The van der Waals surface area contributed by atoms with Gasteiger partial charge in [0.15, 0.2) is 0 Å². The van der Waals surface area contributed by atoms with Gasteiger partial charge in [0.25, 0.3) is 0 Å². The molecule has 1 aromatic carbocycles. The molecule has 1 saturated heterocycles. The van der Waals surface area contributed by atoms with E-state index in [9.17, 15) is 0 Å². The Balaban J connectivity index is 1.70. The third-order valence-electron chi connectivity index (χ3n) is 5.82. The summed E-state index contributed by atoms with van der Waals surface area (Å²) in [6, 6.07) is 8.81. The van der Waals surface area contributed by atoms with Crippen molar-refractivity contribution in [3.05, 3.63) is 29.8 Å². The molecule has 0 saturated carbocycles. The summed E-state index contributed by atoms with van der Waals surface area (Å²) in [5.41, 5.74) is 2.01. The highest BCUT2D eigenvalue weighted by molar-refractivity contribution is 6.62. The minimum atomic E-state index is -0.270. The molecule has 0 aromatic heterocycles. The molecule has 0 N–H and O–H groups in total. The maximum Gasteiger partial charge on any atom is 0.494 e. The van der Waals surface area contributed by atoms with E-state index in [1.54, 1.807) is 0 Å². The summed E-state index contributed by atoms with van der Waals surface area (Å²) in [6.45, 7) is 10.7. The van der Waals surface area contributed by atoms with E-state index < -0.39 is 0 Å². The molecule has 1 aromatic rings. The Labute approximate surface area is 155 Å². The number of rotatable bonds is 10. The highest BCUT2D eigenvalue weighted by atomic mass is 16.7. The molecule has 25 heavy (non-hydrogen) atoms. The molecule has 1 fully saturated rings. The molecule has 140 valence electrons. The highest BCUT2D eigenvalue weighted by Crippen LogP contribution is 2.36. The van der Waals surface area contributed by atoms with Crippen LogP contribution < -0.4 is 5.46 Å². The number of aryl methyl sites for hydroxylation is 1. The lowest BCUT2D eigenvalue weighted by atomic mass is 9.78. The van der Waals surface area contributed by atoms with Crippen LogP contribution in [-0.4, -0.2) is 18.3 Å². The fraction of sp³-hybridized carbons (Fsp3) is 0.727. The number of hydrogen-bond donors (Lipinski definition) is 0. The summed E-state index contributed by atoms with van der Waals surface area (Å²) in [5, 5.41) is 0. The number of hydrogen-bond acceptors (Lipinski definition) is 2. The summed E-state index contributed by atoms with van der Waals surface area (Å²) < 4.78 is 12.2. The Morgan fingerprint density at radius 1 is 0.720 bits per heavy atom. The first kappa shape index (κ1) is 20.5. The normalized spacial score (nSPS) is 18.7. The van der Waals surface area contributed by atoms with Crippen LogP contribution in [-0.2, 0) is 15.7 Å². The number of benzene rings is 1. The van der Waals surface area contributed by atoms with E-state index in [0.717, 1.165) is 5.46 Å². The lowest BCUT2D eigenvalue weighted by Gasteiger charge is -2.32. The van der Waals surface area contributed by atoms with E-state index >= 15 is 0 Å². The summed E-state index contributed by atoms with van der Waals surface area (Å²) >= 11 is 0. The molecule has 0 radical (unpaired) electrons. The molecule has 2 nitrogen and oxygen atoms in total. The van der Waals surface area contributed by atoms with E-state index in [4.69, 9.17) is 9.31 Å². The van der Waals surface area contributed by atoms with E-state index in [0.29, 0.717) is 0 Å². The van der Waals surface area contributed by atoms with Gasteiger partial charge in [-0.05, 0) is 51.6 Å². The van der Waals surface area contributed by atoms with Gasteiger partial charge in [-0.15, -0.1) is 0 Å². The van der Waals surface area contributed by atoms with E-state index in [-0.39, 0.29) is 18.3 Å². The zero-order valence-corrected chi connectivity index (χ0v) is 17.1. The molecule has 1 aliphatic rings. The second-order valence-electron chi connectivity index (χ2n) is 8.55. The standard InChI is InChI=1S/C22H37BO2/c1-6-7-8-9-10-11-12-13-14-19-15-17-20(18-16-19)23-24-21(2,3)22(4,5)25-23/h15-18H,6-14H2,1-5H3. The van der Waals surface area contributed by atoms with Gasteiger partial charge in [0.2, 0.25) is 0 Å². The van der Waals surface area contributed by atoms with Crippen molar-refractivity contribution in [1.29, 1.82) is 0 Å². The van der Waals surface area contributed by atoms with Gasteiger partial charge in [0.1, 0.15) is 0 Å². The summed E-state index contributed by atoms with van der Waals surface area (Å²) in [4.78, 5) is 0. The quantitative estimate of drug-likeness (QED) is 0.402. The van der Waals surface area contributed by atoms with Crippen LogP contribution in [0.2, 0.25) is 0 Å². The molecular weight excluding hydrogens is 307 g/mol. The first-order valence-corrected chi connectivity index (χ1v) is 10.3. The van der Waals surface area contributed by atoms with E-state index in [2.05, 4.69) is 58.9 Å². The molecule has 0 spiro atoms. The predicted octanol–water partition coefficient (Wildman–Crippen LogP) is 5.67. The second-order valence-corrected chi connectivity index (χ2v) is 8.55. The van der Waals surface area contributed by atoms with Gasteiger partial charge in [-0.1, -0.05) is 76.1 Å². The van der Waals surface area contributed by atoms with Crippen LogP contribution in [0.3, 0.4) is 0 Å². The lowest BCUT2D eigenvalue weighted by Crippen LogP contribution is -2.41. The Morgan fingerprint density at radius 2 is 1.20 bits per heavy atom. The average molecular weight is 344 g/mol. The van der Waals surface area contributed by atoms with Crippen molar-refractivity contribution >= 4 is 12.6 Å². The van der Waals surface area contributed by atoms with Crippen molar-refractivity contribution in [2.45, 2.75) is 104 Å². The third kappa shape index (κ3) is 5.86. The minimum Gasteiger partial charge on any atom is -0.399 e. The topological polar surface area (TPSA) is 18.5 Å². The van der Waals surface area contributed by atoms with Gasteiger partial charge in [0, 0.05) is 0 Å². The molecule has 0 aliphatic carbocycles. The maximum absolute atomic E-state index is 6.12. The summed E-state index contributed by atoms with van der Waals surface area (Å²) in [5.74, 6) is 0. The Hall–Kier alpha value is -0.795. The highest BCUT2D eigenvalue weighted by Gasteiger charge is 2.51. The Morgan fingerprint density at radius 3 is 1.72 bits per heavy atom. The van der Waals surface area contributed by atoms with Crippen molar-refractivity contribution in [1.82, 2.24) is 0 Å². The SMILES string of the molecule is CCCCCCCCCCc1ccc(B2OC(C)(C)C(C)(C)O2)cc1. The van der Waals surface area contributed by atoms with Crippen LogP contribution in [0.4, 0.5) is 0 Å². The fourth-order valence-electron chi connectivity index (χ4n) is 3.28. The van der Waals surface area contributed by atoms with Crippen LogP contribution in [0.25, 0.3) is 0 Å². The van der Waals surface area contributed by atoms with Crippen molar-refractivity contribution in [3.63, 3.8) is 0 Å². The van der Waals surface area contributed by atoms with Gasteiger partial charge in [-0.2, -0.15) is 0 Å². The first-order valence-electron chi connectivity index (χ1n) is 10.3. The van der Waals surface area contributed by atoms with Crippen LogP contribution >= 0.6 is 0 Å². The van der Waals surface area contributed by atoms with Crippen molar-refractivity contribution < 1.29 is 9.31 Å². The molecule has 1 aliphatic heterocycles. The number of unbranched alkanes of at least 4 members (excludes halogenated alkanes) is 7. The molecule has 3 heteroatoms. The smallest absolute Gasteiger partial charge is 0.399 e. The summed E-state index contributed by atoms with van der Waals surface area (Å²) in [7, 11) is -0.248. The van der Waals surface area contributed by atoms with Crippen LogP contribution in [0.5, 0.6) is 0 Å². The van der Waals surface area contributed by atoms with Crippen LogP contribution in [0, 0.1) is 0 Å². The van der Waals surface area contributed by atoms with Crippen LogP contribution in [0.15, 0.2) is 24.3 Å². The molecule has 0 bridgehead atoms. The molecular formula is C22H37BO2. The zero-order chi connectivity index (χ0) is 18.3. The molecule has 0 unspecified atom stereocenters. The zero-order valence-electron chi connectivity index (χ0n) is 17.1. The van der Waals surface area contributed by atoms with Gasteiger partial charge in [-0.25, -0.2) is 0 Å².